The van der Waals surface area contributed by atoms with Crippen LogP contribution in [0, 0.1) is 5.92 Å². The molecule has 1 rings (SSSR count). The fourth-order valence-corrected chi connectivity index (χ4v) is 11.3. The lowest BCUT2D eigenvalue weighted by atomic mass is 9.83. The summed E-state index contributed by atoms with van der Waals surface area (Å²) >= 11 is 0. The van der Waals surface area contributed by atoms with Crippen molar-refractivity contribution >= 4 is 16.6 Å². The second kappa shape index (κ2) is 11.4. The smallest absolute Gasteiger partial charge is 0.246 e. The second-order valence-corrected chi connectivity index (χ2v) is 22.1. The number of hydrogen-bond donors (Lipinski definition) is 1. The summed E-state index contributed by atoms with van der Waals surface area (Å²) in [4.78, 5) is 6.22. The number of aliphatic hydroxyl groups excluding tert-OH is 1. The summed E-state index contributed by atoms with van der Waals surface area (Å²) in [5.41, 5.74) is 1.31. The molecule has 1 aliphatic rings. The maximum Gasteiger partial charge on any atom is 0.246 e. The van der Waals surface area contributed by atoms with Crippen LogP contribution < -0.4 is 0 Å². The zero-order chi connectivity index (χ0) is 23.3. The average Bonchev–Trinajstić information content (AvgIpc) is 2.62. The Hall–Kier alpha value is 0.274. The van der Waals surface area contributed by atoms with Gasteiger partial charge in [0, 0.05) is 0 Å². The minimum Gasteiger partial charge on any atom is -0.411 e. The molecule has 30 heavy (non-hydrogen) atoms. The molecule has 2 atom stereocenters. The summed E-state index contributed by atoms with van der Waals surface area (Å²) in [7, 11) is -4.18. The van der Waals surface area contributed by atoms with Crippen molar-refractivity contribution in [1.82, 2.24) is 0 Å². The van der Waals surface area contributed by atoms with Gasteiger partial charge in [-0.25, -0.2) is 4.89 Å². The van der Waals surface area contributed by atoms with Crippen molar-refractivity contribution in [1.29, 1.82) is 0 Å². The topological polar surface area (TPSA) is 47.9 Å². The molecule has 0 amide bonds. The number of aliphatic hydroxyl groups is 1. The van der Waals surface area contributed by atoms with Gasteiger partial charge in [0.05, 0.1) is 12.7 Å². The van der Waals surface area contributed by atoms with Crippen LogP contribution in [0.25, 0.3) is 0 Å². The molecule has 4 nitrogen and oxygen atoms in total. The Morgan fingerprint density at radius 1 is 0.867 bits per heavy atom. The predicted molar refractivity (Wildman–Crippen MR) is 133 cm³/mol. The third-order valence-electron chi connectivity index (χ3n) is 7.92. The van der Waals surface area contributed by atoms with E-state index in [-0.39, 0.29) is 17.7 Å². The van der Waals surface area contributed by atoms with Crippen molar-refractivity contribution in [3.8, 4) is 0 Å². The van der Waals surface area contributed by atoms with E-state index >= 15 is 0 Å². The maximum atomic E-state index is 10.4. The Labute approximate surface area is 189 Å². The summed E-state index contributed by atoms with van der Waals surface area (Å²) in [6.07, 6.45) is 5.56. The first-order valence-corrected chi connectivity index (χ1v) is 17.4. The van der Waals surface area contributed by atoms with Gasteiger partial charge in [-0.3, -0.25) is 4.58 Å². The van der Waals surface area contributed by atoms with Gasteiger partial charge < -0.3 is 9.53 Å². The van der Waals surface area contributed by atoms with Crippen molar-refractivity contribution in [3.05, 3.63) is 0 Å². The second-order valence-electron chi connectivity index (χ2n) is 12.0. The van der Waals surface area contributed by atoms with Gasteiger partial charge in [0.2, 0.25) is 8.32 Å². The van der Waals surface area contributed by atoms with Gasteiger partial charge in [-0.15, -0.1) is 0 Å². The van der Waals surface area contributed by atoms with Gasteiger partial charge in [-0.05, 0) is 53.5 Å². The third kappa shape index (κ3) is 6.64. The molecule has 0 aromatic heterocycles. The lowest BCUT2D eigenvalue weighted by Gasteiger charge is -2.46. The first kappa shape index (κ1) is 28.3. The molecular formula is C24H52O4Si2. The quantitative estimate of drug-likeness (QED) is 0.198. The zero-order valence-electron chi connectivity index (χ0n) is 21.9. The molecule has 0 spiro atoms. The van der Waals surface area contributed by atoms with E-state index in [4.69, 9.17) is 13.9 Å². The van der Waals surface area contributed by atoms with E-state index in [1.807, 2.05) is 0 Å². The van der Waals surface area contributed by atoms with Gasteiger partial charge in [0.15, 0.2) is 8.32 Å². The van der Waals surface area contributed by atoms with E-state index in [9.17, 15) is 5.11 Å². The highest BCUT2D eigenvalue weighted by atomic mass is 28.4. The molecule has 2 unspecified atom stereocenters. The number of hydrogen-bond acceptors (Lipinski definition) is 4. The zero-order valence-corrected chi connectivity index (χ0v) is 23.9. The van der Waals surface area contributed by atoms with Crippen molar-refractivity contribution in [2.24, 2.45) is 5.92 Å². The van der Waals surface area contributed by atoms with Crippen LogP contribution in [-0.2, 0) is 13.9 Å². The molecule has 0 saturated heterocycles. The lowest BCUT2D eigenvalue weighted by Crippen LogP contribution is -2.54. The van der Waals surface area contributed by atoms with E-state index in [0.717, 1.165) is 12.8 Å². The first-order valence-electron chi connectivity index (χ1n) is 12.3. The molecule has 0 aliphatic heterocycles. The molecule has 0 aromatic rings. The Morgan fingerprint density at radius 3 is 1.70 bits per heavy atom. The Kier molecular flexibility index (Phi) is 10.8. The first-order chi connectivity index (χ1) is 13.7. The molecule has 1 aliphatic carbocycles. The maximum absolute atomic E-state index is 10.4. The summed E-state index contributed by atoms with van der Waals surface area (Å²) in [5, 5.41) is 10.5. The minimum absolute atomic E-state index is 0.0610. The van der Waals surface area contributed by atoms with Gasteiger partial charge in [-0.1, -0.05) is 81.6 Å². The molecule has 0 bridgehead atoms. The predicted octanol–water partition coefficient (Wildman–Crippen LogP) is 7.44. The molecule has 180 valence electrons. The van der Waals surface area contributed by atoms with Crippen LogP contribution >= 0.6 is 0 Å². The molecule has 0 aromatic carbocycles. The molecule has 1 N–H and O–H groups in total. The number of rotatable bonds is 11. The van der Waals surface area contributed by atoms with Crippen LogP contribution in [0.5, 0.6) is 0 Å². The van der Waals surface area contributed by atoms with Crippen LogP contribution in [-0.4, -0.2) is 40.6 Å². The van der Waals surface area contributed by atoms with Crippen LogP contribution in [0.4, 0.5) is 0 Å². The highest BCUT2D eigenvalue weighted by molar-refractivity contribution is 6.77. The lowest BCUT2D eigenvalue weighted by molar-refractivity contribution is -0.289. The SMILES string of the molecule is CC(C)[Si](OOC(CO)C(O[Si](C)(C)C(C)(C)C)C1CCCCC1)(C(C)C)C(C)C. The fraction of sp³-hybridized carbons (Fsp3) is 1.00. The van der Waals surface area contributed by atoms with E-state index in [2.05, 4.69) is 75.4 Å². The normalized spacial score (nSPS) is 19.7. The van der Waals surface area contributed by atoms with Gasteiger partial charge in [0.1, 0.15) is 6.10 Å². The highest BCUT2D eigenvalue weighted by Gasteiger charge is 2.49. The van der Waals surface area contributed by atoms with E-state index in [1.54, 1.807) is 0 Å². The van der Waals surface area contributed by atoms with E-state index < -0.39 is 22.7 Å². The largest absolute Gasteiger partial charge is 0.411 e. The van der Waals surface area contributed by atoms with Crippen LogP contribution in [0.1, 0.15) is 94.4 Å². The van der Waals surface area contributed by atoms with Gasteiger partial charge in [-0.2, -0.15) is 0 Å². The minimum atomic E-state index is -2.17. The summed E-state index contributed by atoms with van der Waals surface area (Å²) < 4.78 is 13.4. The molecule has 0 heterocycles. The fourth-order valence-electron chi connectivity index (χ4n) is 5.08. The van der Waals surface area contributed by atoms with E-state index in [1.165, 1.54) is 19.3 Å². The monoisotopic (exact) mass is 460 g/mol. The van der Waals surface area contributed by atoms with Crippen LogP contribution in [0.15, 0.2) is 0 Å². The molecule has 1 fully saturated rings. The summed E-state index contributed by atoms with van der Waals surface area (Å²) in [6, 6.07) is 0. The Balaban J connectivity index is 3.16. The Morgan fingerprint density at radius 2 is 1.33 bits per heavy atom. The molecule has 0 radical (unpaired) electrons. The summed E-state index contributed by atoms with van der Waals surface area (Å²) in [5.74, 6) is 0.432. The van der Waals surface area contributed by atoms with E-state index in [0.29, 0.717) is 22.5 Å². The van der Waals surface area contributed by atoms with Gasteiger partial charge in [0.25, 0.3) is 0 Å². The third-order valence-corrected chi connectivity index (χ3v) is 18.2. The standard InChI is InChI=1S/C24H52O4Si2/c1-18(2)30(19(3)4,20(5)6)28-26-22(17-25)23(21-15-13-12-14-16-21)27-29(10,11)24(7,8)9/h18-23,25H,12-17H2,1-11H3. The molecule has 1 saturated carbocycles. The van der Waals surface area contributed by atoms with Crippen molar-refractivity contribution in [3.63, 3.8) is 0 Å². The molecule has 6 heteroatoms. The van der Waals surface area contributed by atoms with Crippen LogP contribution in [0.2, 0.25) is 34.8 Å². The van der Waals surface area contributed by atoms with Crippen molar-refractivity contribution < 1.29 is 19.0 Å². The van der Waals surface area contributed by atoms with Gasteiger partial charge >= 0.3 is 0 Å². The van der Waals surface area contributed by atoms with Crippen LogP contribution in [0.3, 0.4) is 0 Å². The summed E-state index contributed by atoms with van der Waals surface area (Å²) in [6.45, 7) is 24.9. The molecular weight excluding hydrogens is 408 g/mol. The van der Waals surface area contributed by atoms with Crippen molar-refractivity contribution in [2.75, 3.05) is 6.61 Å². The Bertz CT molecular complexity index is 472. The van der Waals surface area contributed by atoms with Crippen molar-refractivity contribution in [2.45, 2.75) is 141 Å². The highest BCUT2D eigenvalue weighted by Crippen LogP contribution is 2.44. The average molecular weight is 461 g/mol.